The summed E-state index contributed by atoms with van der Waals surface area (Å²) in [7, 11) is 2.92. The van der Waals surface area contributed by atoms with Crippen LogP contribution in [-0.4, -0.2) is 35.9 Å². The van der Waals surface area contributed by atoms with Crippen molar-refractivity contribution < 1.29 is 23.8 Å². The van der Waals surface area contributed by atoms with Crippen LogP contribution in [0.2, 0.25) is 5.02 Å². The molecule has 35 heavy (non-hydrogen) atoms. The van der Waals surface area contributed by atoms with E-state index in [-0.39, 0.29) is 28.4 Å². The maximum atomic E-state index is 13.0. The van der Waals surface area contributed by atoms with Gasteiger partial charge in [0.25, 0.3) is 5.91 Å². The van der Waals surface area contributed by atoms with Crippen molar-refractivity contribution in [3.8, 4) is 17.2 Å². The standard InChI is InChI=1S/C26H22ClN3O5/c1-33-23-14-20(22(15-24(23)34-2)29-25(31)19-6-3-4-7-21(19)27)26(32)35-16-17-8-10-18(11-9-17)30-13-5-12-28-30/h3-15H,16H2,1-2H3,(H,29,31). The molecule has 0 radical (unpaired) electrons. The van der Waals surface area contributed by atoms with Gasteiger partial charge in [0.1, 0.15) is 6.61 Å². The Morgan fingerprint density at radius 1 is 0.943 bits per heavy atom. The average Bonchev–Trinajstić information content (AvgIpc) is 3.42. The Labute approximate surface area is 207 Å². The molecule has 1 aromatic heterocycles. The largest absolute Gasteiger partial charge is 0.493 e. The Bertz CT molecular complexity index is 1340. The molecule has 0 aliphatic rings. The number of nitrogens with zero attached hydrogens (tertiary/aromatic N) is 2. The molecule has 0 unspecified atom stereocenters. The third-order valence-corrected chi connectivity index (χ3v) is 5.52. The van der Waals surface area contributed by atoms with Gasteiger partial charge in [0.05, 0.1) is 41.7 Å². The van der Waals surface area contributed by atoms with Gasteiger partial charge in [-0.15, -0.1) is 0 Å². The smallest absolute Gasteiger partial charge is 0.340 e. The minimum Gasteiger partial charge on any atom is -0.493 e. The van der Waals surface area contributed by atoms with Gasteiger partial charge >= 0.3 is 5.97 Å². The Balaban J connectivity index is 1.55. The Hall–Kier alpha value is -4.30. The number of amides is 1. The molecule has 3 aromatic carbocycles. The average molecular weight is 492 g/mol. The molecule has 0 aliphatic carbocycles. The first-order chi connectivity index (χ1) is 17.0. The number of carbonyl (C=O) groups is 2. The van der Waals surface area contributed by atoms with Gasteiger partial charge in [-0.3, -0.25) is 4.79 Å². The first-order valence-corrected chi connectivity index (χ1v) is 11.0. The van der Waals surface area contributed by atoms with E-state index < -0.39 is 11.9 Å². The van der Waals surface area contributed by atoms with Crippen molar-refractivity contribution in [1.82, 2.24) is 9.78 Å². The fraction of sp³-hybridized carbons (Fsp3) is 0.115. The summed E-state index contributed by atoms with van der Waals surface area (Å²) in [6.45, 7) is 0.0322. The summed E-state index contributed by atoms with van der Waals surface area (Å²) >= 11 is 6.15. The van der Waals surface area contributed by atoms with E-state index >= 15 is 0 Å². The summed E-state index contributed by atoms with van der Waals surface area (Å²) in [5.41, 5.74) is 2.24. The van der Waals surface area contributed by atoms with Gasteiger partial charge in [-0.25, -0.2) is 9.48 Å². The number of carbonyl (C=O) groups excluding carboxylic acids is 2. The summed E-state index contributed by atoms with van der Waals surface area (Å²) in [6.07, 6.45) is 3.53. The number of methoxy groups -OCH3 is 2. The number of benzene rings is 3. The van der Waals surface area contributed by atoms with Crippen molar-refractivity contribution in [1.29, 1.82) is 0 Å². The lowest BCUT2D eigenvalue weighted by Crippen LogP contribution is -2.17. The Morgan fingerprint density at radius 3 is 2.31 bits per heavy atom. The van der Waals surface area contributed by atoms with Crippen LogP contribution < -0.4 is 14.8 Å². The summed E-state index contributed by atoms with van der Waals surface area (Å²) < 4.78 is 17.9. The molecule has 9 heteroatoms. The number of hydrogen-bond acceptors (Lipinski definition) is 6. The van der Waals surface area contributed by atoms with E-state index in [2.05, 4.69) is 10.4 Å². The van der Waals surface area contributed by atoms with Crippen LogP contribution in [0, 0.1) is 0 Å². The van der Waals surface area contributed by atoms with Gasteiger partial charge in [0.2, 0.25) is 0 Å². The van der Waals surface area contributed by atoms with Crippen molar-refractivity contribution in [2.75, 3.05) is 19.5 Å². The van der Waals surface area contributed by atoms with E-state index in [0.717, 1.165) is 11.3 Å². The van der Waals surface area contributed by atoms with Gasteiger partial charge in [-0.2, -0.15) is 5.10 Å². The molecule has 1 N–H and O–H groups in total. The summed E-state index contributed by atoms with van der Waals surface area (Å²) in [5, 5.41) is 7.20. The van der Waals surface area contributed by atoms with Crippen LogP contribution in [-0.2, 0) is 11.3 Å². The second-order valence-corrected chi connectivity index (χ2v) is 7.79. The lowest BCUT2D eigenvalue weighted by atomic mass is 10.1. The first kappa shape index (κ1) is 23.8. The van der Waals surface area contributed by atoms with E-state index in [4.69, 9.17) is 25.8 Å². The molecule has 0 aliphatic heterocycles. The number of esters is 1. The maximum absolute atomic E-state index is 13.0. The predicted octanol–water partition coefficient (Wildman–Crippen LogP) is 5.15. The van der Waals surface area contributed by atoms with E-state index in [1.807, 2.05) is 36.5 Å². The van der Waals surface area contributed by atoms with E-state index in [1.165, 1.54) is 26.4 Å². The molecule has 1 amide bonds. The van der Waals surface area contributed by atoms with Gasteiger partial charge in [0.15, 0.2) is 11.5 Å². The fourth-order valence-corrected chi connectivity index (χ4v) is 3.60. The van der Waals surface area contributed by atoms with Crippen LogP contribution in [0.3, 0.4) is 0 Å². The summed E-state index contributed by atoms with van der Waals surface area (Å²) in [5.74, 6) is -0.464. The third-order valence-electron chi connectivity index (χ3n) is 5.19. The quantitative estimate of drug-likeness (QED) is 0.343. The van der Waals surface area contributed by atoms with Crippen LogP contribution >= 0.6 is 11.6 Å². The molecular formula is C26H22ClN3O5. The van der Waals surface area contributed by atoms with Gasteiger partial charge in [0, 0.05) is 24.5 Å². The summed E-state index contributed by atoms with van der Waals surface area (Å²) in [4.78, 5) is 25.9. The Morgan fingerprint density at radius 2 is 1.66 bits per heavy atom. The fourth-order valence-electron chi connectivity index (χ4n) is 3.38. The van der Waals surface area contributed by atoms with Crippen molar-refractivity contribution in [3.63, 3.8) is 0 Å². The Kier molecular flexibility index (Phi) is 7.32. The van der Waals surface area contributed by atoms with Gasteiger partial charge in [-0.05, 0) is 35.9 Å². The van der Waals surface area contributed by atoms with Crippen molar-refractivity contribution in [2.24, 2.45) is 0 Å². The van der Waals surface area contributed by atoms with Gasteiger partial charge < -0.3 is 19.5 Å². The summed E-state index contributed by atoms with van der Waals surface area (Å²) in [6, 6.07) is 18.9. The zero-order chi connectivity index (χ0) is 24.8. The van der Waals surface area contributed by atoms with Gasteiger partial charge in [-0.1, -0.05) is 35.9 Å². The lowest BCUT2D eigenvalue weighted by Gasteiger charge is -2.16. The number of halogens is 1. The SMILES string of the molecule is COc1cc(NC(=O)c2ccccc2Cl)c(C(=O)OCc2ccc(-n3cccn3)cc2)cc1OC. The molecule has 1 heterocycles. The van der Waals surface area contributed by atoms with Crippen LogP contribution in [0.4, 0.5) is 5.69 Å². The molecule has 0 bridgehead atoms. The molecule has 0 saturated heterocycles. The van der Waals surface area contributed by atoms with Crippen molar-refractivity contribution in [2.45, 2.75) is 6.61 Å². The number of ether oxygens (including phenoxy) is 3. The van der Waals surface area contributed by atoms with E-state index in [0.29, 0.717) is 11.5 Å². The molecule has 0 fully saturated rings. The predicted molar refractivity (Wildman–Crippen MR) is 132 cm³/mol. The number of hydrogen-bond donors (Lipinski definition) is 1. The molecule has 178 valence electrons. The van der Waals surface area contributed by atoms with Crippen molar-refractivity contribution in [3.05, 3.63) is 101 Å². The number of aromatic nitrogens is 2. The highest BCUT2D eigenvalue weighted by Gasteiger charge is 2.21. The normalized spacial score (nSPS) is 10.5. The highest BCUT2D eigenvalue weighted by molar-refractivity contribution is 6.34. The monoisotopic (exact) mass is 491 g/mol. The van der Waals surface area contributed by atoms with E-state index in [1.54, 1.807) is 35.1 Å². The van der Waals surface area contributed by atoms with Crippen LogP contribution in [0.5, 0.6) is 11.5 Å². The zero-order valence-corrected chi connectivity index (χ0v) is 19.8. The lowest BCUT2D eigenvalue weighted by molar-refractivity contribution is 0.0473. The highest BCUT2D eigenvalue weighted by Crippen LogP contribution is 2.34. The molecule has 0 spiro atoms. The molecule has 0 saturated carbocycles. The number of anilines is 1. The number of nitrogens with one attached hydrogen (secondary N) is 1. The third kappa shape index (κ3) is 5.44. The number of rotatable bonds is 8. The molecule has 8 nitrogen and oxygen atoms in total. The highest BCUT2D eigenvalue weighted by atomic mass is 35.5. The topological polar surface area (TPSA) is 91.7 Å². The van der Waals surface area contributed by atoms with Crippen molar-refractivity contribution >= 4 is 29.2 Å². The minimum absolute atomic E-state index is 0.0322. The zero-order valence-electron chi connectivity index (χ0n) is 19.0. The molecule has 4 aromatic rings. The van der Waals surface area contributed by atoms with Crippen LogP contribution in [0.15, 0.2) is 79.1 Å². The molecule has 0 atom stereocenters. The molecular weight excluding hydrogens is 470 g/mol. The first-order valence-electron chi connectivity index (χ1n) is 10.6. The van der Waals surface area contributed by atoms with E-state index in [9.17, 15) is 9.59 Å². The second-order valence-electron chi connectivity index (χ2n) is 7.38. The molecule has 4 rings (SSSR count). The van der Waals surface area contributed by atoms with Crippen LogP contribution in [0.25, 0.3) is 5.69 Å². The maximum Gasteiger partial charge on any atom is 0.340 e. The minimum atomic E-state index is -0.642. The second kappa shape index (κ2) is 10.8. The van der Waals surface area contributed by atoms with Crippen LogP contribution in [0.1, 0.15) is 26.3 Å².